The van der Waals surface area contributed by atoms with E-state index >= 15 is 0 Å². The molecule has 0 aromatic rings. The average Bonchev–Trinajstić information content (AvgIpc) is 2.43. The van der Waals surface area contributed by atoms with Crippen molar-refractivity contribution >= 4 is 0 Å². The van der Waals surface area contributed by atoms with Crippen LogP contribution >= 0.6 is 0 Å². The van der Waals surface area contributed by atoms with Crippen molar-refractivity contribution in [3.63, 3.8) is 0 Å². The Hall–Kier alpha value is -0.630. The monoisotopic (exact) mass is 280 g/mol. The van der Waals surface area contributed by atoms with Crippen LogP contribution in [0.4, 0.5) is 0 Å². The number of piperazine rings is 1. The van der Waals surface area contributed by atoms with E-state index in [4.69, 9.17) is 5.26 Å². The Morgan fingerprint density at radius 2 is 1.65 bits per heavy atom. The van der Waals surface area contributed by atoms with E-state index in [1.165, 1.54) is 39.1 Å². The first kappa shape index (κ1) is 17.4. The number of hydrogen-bond donors (Lipinski definition) is 1. The van der Waals surface area contributed by atoms with E-state index in [1.807, 2.05) is 14.0 Å². The molecule has 1 aliphatic heterocycles. The van der Waals surface area contributed by atoms with E-state index in [2.05, 4.69) is 42.0 Å². The van der Waals surface area contributed by atoms with Gasteiger partial charge in [0.1, 0.15) is 5.54 Å². The Bertz CT molecular complexity index is 320. The van der Waals surface area contributed by atoms with Crippen LogP contribution in [0.15, 0.2) is 0 Å². The summed E-state index contributed by atoms with van der Waals surface area (Å²) in [7, 11) is 1.87. The third-order valence-electron chi connectivity index (χ3n) is 4.52. The highest BCUT2D eigenvalue weighted by Crippen LogP contribution is 2.17. The lowest BCUT2D eigenvalue weighted by atomic mass is 9.97. The molecule has 4 heteroatoms. The Kier molecular flexibility index (Phi) is 6.44. The standard InChI is InChI=1S/C16H32N4/c1-15(2,3)20-12-10-19(11-13-20)9-7-6-8-16(4,14-17)18-5/h18H,6-13H2,1-5H3. The molecule has 20 heavy (non-hydrogen) atoms. The van der Waals surface area contributed by atoms with Gasteiger partial charge in [0.2, 0.25) is 0 Å². The van der Waals surface area contributed by atoms with E-state index in [9.17, 15) is 0 Å². The molecule has 1 fully saturated rings. The Labute approximate surface area is 125 Å². The van der Waals surface area contributed by atoms with Crippen LogP contribution in [0.2, 0.25) is 0 Å². The maximum Gasteiger partial charge on any atom is 0.103 e. The van der Waals surface area contributed by atoms with Crippen LogP contribution in [0.1, 0.15) is 47.0 Å². The van der Waals surface area contributed by atoms with Crippen LogP contribution in [0.5, 0.6) is 0 Å². The van der Waals surface area contributed by atoms with E-state index in [0.29, 0.717) is 5.54 Å². The molecule has 0 saturated carbocycles. The van der Waals surface area contributed by atoms with Crippen LogP contribution in [0, 0.1) is 11.3 Å². The summed E-state index contributed by atoms with van der Waals surface area (Å²) < 4.78 is 0. The first-order valence-electron chi connectivity index (χ1n) is 7.88. The van der Waals surface area contributed by atoms with Gasteiger partial charge in [0, 0.05) is 31.7 Å². The SMILES string of the molecule is CNC(C)(C#N)CCCCN1CCN(C(C)(C)C)CC1. The van der Waals surface area contributed by atoms with Gasteiger partial charge in [-0.2, -0.15) is 5.26 Å². The first-order chi connectivity index (χ1) is 9.30. The highest BCUT2D eigenvalue weighted by molar-refractivity contribution is 5.02. The van der Waals surface area contributed by atoms with Crippen molar-refractivity contribution in [3.8, 4) is 6.07 Å². The maximum atomic E-state index is 9.11. The molecule has 4 nitrogen and oxygen atoms in total. The van der Waals surface area contributed by atoms with Crippen LogP contribution in [-0.2, 0) is 0 Å². The molecule has 0 aliphatic carbocycles. The number of hydrogen-bond acceptors (Lipinski definition) is 4. The number of rotatable bonds is 6. The predicted molar refractivity (Wildman–Crippen MR) is 84.7 cm³/mol. The van der Waals surface area contributed by atoms with Crippen LogP contribution in [0.3, 0.4) is 0 Å². The van der Waals surface area contributed by atoms with Gasteiger partial charge in [-0.25, -0.2) is 0 Å². The zero-order chi connectivity index (χ0) is 15.2. The second-order valence-electron chi connectivity index (χ2n) is 7.15. The fourth-order valence-corrected chi connectivity index (χ4v) is 2.69. The van der Waals surface area contributed by atoms with Gasteiger partial charge in [0.05, 0.1) is 6.07 Å². The molecule has 1 heterocycles. The molecule has 1 atom stereocenters. The molecule has 1 aliphatic rings. The van der Waals surface area contributed by atoms with Crippen molar-refractivity contribution in [2.75, 3.05) is 39.8 Å². The van der Waals surface area contributed by atoms with Crippen molar-refractivity contribution < 1.29 is 0 Å². The fraction of sp³-hybridized carbons (Fsp3) is 0.938. The Morgan fingerprint density at radius 1 is 1.05 bits per heavy atom. The topological polar surface area (TPSA) is 42.3 Å². The lowest BCUT2D eigenvalue weighted by Gasteiger charge is -2.42. The summed E-state index contributed by atoms with van der Waals surface area (Å²) in [6, 6.07) is 2.36. The zero-order valence-corrected chi connectivity index (χ0v) is 14.0. The van der Waals surface area contributed by atoms with Gasteiger partial charge in [-0.15, -0.1) is 0 Å². The zero-order valence-electron chi connectivity index (χ0n) is 14.0. The minimum atomic E-state index is -0.356. The first-order valence-corrected chi connectivity index (χ1v) is 7.88. The van der Waals surface area contributed by atoms with Crippen molar-refractivity contribution in [1.82, 2.24) is 15.1 Å². The highest BCUT2D eigenvalue weighted by Gasteiger charge is 2.25. The molecule has 0 amide bonds. The smallest absolute Gasteiger partial charge is 0.103 e. The summed E-state index contributed by atoms with van der Waals surface area (Å²) in [5.74, 6) is 0. The fourth-order valence-electron chi connectivity index (χ4n) is 2.69. The highest BCUT2D eigenvalue weighted by atomic mass is 15.3. The van der Waals surface area contributed by atoms with Gasteiger partial charge >= 0.3 is 0 Å². The molecule has 0 aromatic carbocycles. The number of nitriles is 1. The second-order valence-corrected chi connectivity index (χ2v) is 7.15. The van der Waals surface area contributed by atoms with Crippen molar-refractivity contribution in [1.29, 1.82) is 5.26 Å². The van der Waals surface area contributed by atoms with Gasteiger partial charge in [0.25, 0.3) is 0 Å². The summed E-state index contributed by atoms with van der Waals surface area (Å²) in [6.45, 7) is 14.7. The molecule has 0 aromatic heterocycles. The van der Waals surface area contributed by atoms with E-state index < -0.39 is 0 Å². The summed E-state index contributed by atoms with van der Waals surface area (Å²) in [6.07, 6.45) is 3.24. The summed E-state index contributed by atoms with van der Waals surface area (Å²) in [5.41, 5.74) is -0.0571. The molecule has 0 spiro atoms. The van der Waals surface area contributed by atoms with Crippen molar-refractivity contribution in [3.05, 3.63) is 0 Å². The van der Waals surface area contributed by atoms with E-state index in [-0.39, 0.29) is 5.54 Å². The maximum absolute atomic E-state index is 9.11. The van der Waals surface area contributed by atoms with Crippen molar-refractivity contribution in [2.45, 2.75) is 58.0 Å². The summed E-state index contributed by atoms with van der Waals surface area (Å²) in [4.78, 5) is 5.13. The minimum absolute atomic E-state index is 0.299. The normalized spacial score (nSPS) is 21.4. The lowest BCUT2D eigenvalue weighted by Crippen LogP contribution is -2.53. The largest absolute Gasteiger partial charge is 0.303 e. The lowest BCUT2D eigenvalue weighted by molar-refractivity contribution is 0.0614. The molecule has 116 valence electrons. The van der Waals surface area contributed by atoms with Gasteiger partial charge < -0.3 is 10.2 Å². The molecular weight excluding hydrogens is 248 g/mol. The van der Waals surface area contributed by atoms with Gasteiger partial charge in [-0.1, -0.05) is 0 Å². The molecule has 0 radical (unpaired) electrons. The predicted octanol–water partition coefficient (Wildman–Crippen LogP) is 2.07. The summed E-state index contributed by atoms with van der Waals surface area (Å²) >= 11 is 0. The quantitative estimate of drug-likeness (QED) is 0.756. The molecule has 1 unspecified atom stereocenters. The molecule has 1 saturated heterocycles. The van der Waals surface area contributed by atoms with E-state index in [0.717, 1.165) is 12.8 Å². The van der Waals surface area contributed by atoms with Crippen LogP contribution < -0.4 is 5.32 Å². The third-order valence-corrected chi connectivity index (χ3v) is 4.52. The second kappa shape index (κ2) is 7.40. The van der Waals surface area contributed by atoms with Crippen LogP contribution in [0.25, 0.3) is 0 Å². The number of nitrogens with zero attached hydrogens (tertiary/aromatic N) is 3. The van der Waals surface area contributed by atoms with Crippen LogP contribution in [-0.4, -0.2) is 60.6 Å². The third kappa shape index (κ3) is 5.40. The average molecular weight is 280 g/mol. The molecule has 0 bridgehead atoms. The molecular formula is C16H32N4. The van der Waals surface area contributed by atoms with E-state index in [1.54, 1.807) is 0 Å². The van der Waals surface area contributed by atoms with Gasteiger partial charge in [0.15, 0.2) is 0 Å². The number of unbranched alkanes of at least 4 members (excludes halogenated alkanes) is 1. The summed E-state index contributed by atoms with van der Waals surface area (Å²) in [5, 5.41) is 12.2. The van der Waals surface area contributed by atoms with Gasteiger partial charge in [-0.3, -0.25) is 4.90 Å². The number of nitrogens with one attached hydrogen (secondary N) is 1. The van der Waals surface area contributed by atoms with Crippen molar-refractivity contribution in [2.24, 2.45) is 0 Å². The molecule has 1 rings (SSSR count). The minimum Gasteiger partial charge on any atom is -0.303 e. The van der Waals surface area contributed by atoms with Gasteiger partial charge in [-0.05, 0) is 60.5 Å². The Morgan fingerprint density at radius 3 is 2.10 bits per heavy atom. The Balaban J connectivity index is 2.18. The molecule has 1 N–H and O–H groups in total.